The van der Waals surface area contributed by atoms with Crippen LogP contribution < -0.4 is 5.32 Å². The van der Waals surface area contributed by atoms with Gasteiger partial charge >= 0.3 is 6.18 Å². The molecule has 80 valence electrons. The van der Waals surface area contributed by atoms with Crippen LogP contribution in [-0.2, 0) is 4.74 Å². The van der Waals surface area contributed by atoms with Gasteiger partial charge in [0.15, 0.2) is 0 Å². The number of halogens is 3. The van der Waals surface area contributed by atoms with Gasteiger partial charge < -0.3 is 10.1 Å². The van der Waals surface area contributed by atoms with E-state index in [-0.39, 0.29) is 6.61 Å². The molecule has 5 heteroatoms. The molecule has 13 heavy (non-hydrogen) atoms. The molecule has 0 radical (unpaired) electrons. The third-order valence-corrected chi connectivity index (χ3v) is 1.68. The van der Waals surface area contributed by atoms with Crippen LogP contribution in [0.5, 0.6) is 0 Å². The molecule has 0 amide bonds. The minimum absolute atomic E-state index is 0.172. The monoisotopic (exact) mass is 199 g/mol. The van der Waals surface area contributed by atoms with Crippen molar-refractivity contribution in [3.05, 3.63) is 0 Å². The zero-order chi connectivity index (χ0) is 10.3. The van der Waals surface area contributed by atoms with Crippen molar-refractivity contribution in [3.63, 3.8) is 0 Å². The van der Waals surface area contributed by atoms with E-state index in [4.69, 9.17) is 0 Å². The summed E-state index contributed by atoms with van der Waals surface area (Å²) in [5, 5.41) is 2.99. The maximum Gasteiger partial charge on any atom is 0.411 e. The summed E-state index contributed by atoms with van der Waals surface area (Å²) in [7, 11) is 1.82. The molecule has 0 bridgehead atoms. The summed E-state index contributed by atoms with van der Waals surface area (Å²) in [4.78, 5) is 0. The lowest BCUT2D eigenvalue weighted by Gasteiger charge is -2.10. The van der Waals surface area contributed by atoms with Gasteiger partial charge in [0.2, 0.25) is 0 Å². The van der Waals surface area contributed by atoms with Crippen molar-refractivity contribution in [2.75, 3.05) is 20.3 Å². The average molecular weight is 199 g/mol. The predicted octanol–water partition coefficient (Wildman–Crippen LogP) is 1.95. The quantitative estimate of drug-likeness (QED) is 0.660. The second-order valence-electron chi connectivity index (χ2n) is 3.00. The standard InChI is InChI=1S/C8H16F3NO/c1-7(12-2)4-3-5-13-6-8(9,10)11/h7,12H,3-6H2,1-2H3. The van der Waals surface area contributed by atoms with Gasteiger partial charge in [-0.2, -0.15) is 13.2 Å². The molecule has 0 aliphatic carbocycles. The van der Waals surface area contributed by atoms with Crippen molar-refractivity contribution in [1.82, 2.24) is 5.32 Å². The first-order valence-electron chi connectivity index (χ1n) is 4.27. The van der Waals surface area contributed by atoms with Gasteiger partial charge in [0.25, 0.3) is 0 Å². The van der Waals surface area contributed by atoms with E-state index in [9.17, 15) is 13.2 Å². The van der Waals surface area contributed by atoms with Gasteiger partial charge in [-0.1, -0.05) is 0 Å². The molecule has 1 unspecified atom stereocenters. The molecule has 0 saturated carbocycles. The molecule has 2 nitrogen and oxygen atoms in total. The number of hydrogen-bond acceptors (Lipinski definition) is 2. The number of nitrogens with one attached hydrogen (secondary N) is 1. The fourth-order valence-corrected chi connectivity index (χ4v) is 0.824. The summed E-state index contributed by atoms with van der Waals surface area (Å²) in [6, 6.07) is 0.328. The van der Waals surface area contributed by atoms with E-state index >= 15 is 0 Å². The summed E-state index contributed by atoms with van der Waals surface area (Å²) in [5.41, 5.74) is 0. The Morgan fingerprint density at radius 1 is 1.38 bits per heavy atom. The minimum Gasteiger partial charge on any atom is -0.372 e. The van der Waals surface area contributed by atoms with E-state index in [1.807, 2.05) is 14.0 Å². The Bertz CT molecular complexity index is 127. The molecule has 1 N–H and O–H groups in total. The van der Waals surface area contributed by atoms with Gasteiger partial charge in [0.05, 0.1) is 0 Å². The molecule has 0 aliphatic heterocycles. The molecule has 1 atom stereocenters. The highest BCUT2D eigenvalue weighted by Crippen LogP contribution is 2.14. The van der Waals surface area contributed by atoms with Crippen molar-refractivity contribution in [1.29, 1.82) is 0 Å². The lowest BCUT2D eigenvalue weighted by atomic mass is 10.2. The van der Waals surface area contributed by atoms with Crippen LogP contribution in [0.3, 0.4) is 0 Å². The summed E-state index contributed by atoms with van der Waals surface area (Å²) < 4.78 is 39.2. The topological polar surface area (TPSA) is 21.3 Å². The molecule has 0 aliphatic rings. The Balaban J connectivity index is 3.18. The first-order chi connectivity index (χ1) is 5.95. The summed E-state index contributed by atoms with van der Waals surface area (Å²) in [6.07, 6.45) is -2.72. The third-order valence-electron chi connectivity index (χ3n) is 1.68. The van der Waals surface area contributed by atoms with E-state index in [0.29, 0.717) is 12.5 Å². The maximum absolute atomic E-state index is 11.6. The summed E-state index contributed by atoms with van der Waals surface area (Å²) in [6.45, 7) is 1.01. The minimum atomic E-state index is -4.20. The van der Waals surface area contributed by atoms with Crippen LogP contribution in [0, 0.1) is 0 Å². The summed E-state index contributed by atoms with van der Waals surface area (Å²) >= 11 is 0. The van der Waals surface area contributed by atoms with Crippen molar-refractivity contribution in [2.24, 2.45) is 0 Å². The molecule has 0 aromatic heterocycles. The second-order valence-corrected chi connectivity index (χ2v) is 3.00. The van der Waals surface area contributed by atoms with Crippen LogP contribution in [0.1, 0.15) is 19.8 Å². The lowest BCUT2D eigenvalue weighted by molar-refractivity contribution is -0.174. The molecule has 0 spiro atoms. The van der Waals surface area contributed by atoms with Gasteiger partial charge in [-0.05, 0) is 26.8 Å². The van der Waals surface area contributed by atoms with Crippen LogP contribution in [0.25, 0.3) is 0 Å². The molecule has 0 saturated heterocycles. The second kappa shape index (κ2) is 6.21. The Labute approximate surface area is 76.5 Å². The van der Waals surface area contributed by atoms with E-state index < -0.39 is 12.8 Å². The van der Waals surface area contributed by atoms with Crippen LogP contribution >= 0.6 is 0 Å². The van der Waals surface area contributed by atoms with E-state index in [2.05, 4.69) is 10.1 Å². The zero-order valence-corrected chi connectivity index (χ0v) is 7.95. The predicted molar refractivity (Wildman–Crippen MR) is 44.6 cm³/mol. The number of ether oxygens (including phenoxy) is 1. The van der Waals surface area contributed by atoms with Gasteiger partial charge in [-0.25, -0.2) is 0 Å². The SMILES string of the molecule is CNC(C)CCCOCC(F)(F)F. The van der Waals surface area contributed by atoms with Crippen molar-refractivity contribution >= 4 is 0 Å². The fourth-order valence-electron chi connectivity index (χ4n) is 0.824. The molecule has 0 aromatic rings. The highest BCUT2D eigenvalue weighted by Gasteiger charge is 2.27. The Hall–Kier alpha value is -0.290. The van der Waals surface area contributed by atoms with E-state index in [0.717, 1.165) is 6.42 Å². The van der Waals surface area contributed by atoms with Gasteiger partial charge in [0.1, 0.15) is 6.61 Å². The van der Waals surface area contributed by atoms with E-state index in [1.54, 1.807) is 0 Å². The molecule has 0 heterocycles. The lowest BCUT2D eigenvalue weighted by Crippen LogP contribution is -2.22. The van der Waals surface area contributed by atoms with Crippen molar-refractivity contribution < 1.29 is 17.9 Å². The van der Waals surface area contributed by atoms with Crippen LogP contribution in [0.15, 0.2) is 0 Å². The Morgan fingerprint density at radius 3 is 2.46 bits per heavy atom. The highest BCUT2D eigenvalue weighted by molar-refractivity contribution is 4.56. The highest BCUT2D eigenvalue weighted by atomic mass is 19.4. The fraction of sp³-hybridized carbons (Fsp3) is 1.00. The molecule has 0 rings (SSSR count). The zero-order valence-electron chi connectivity index (χ0n) is 7.95. The van der Waals surface area contributed by atoms with Crippen molar-refractivity contribution in [2.45, 2.75) is 32.0 Å². The smallest absolute Gasteiger partial charge is 0.372 e. The summed E-state index contributed by atoms with van der Waals surface area (Å²) in [5.74, 6) is 0. The number of alkyl halides is 3. The van der Waals surface area contributed by atoms with Gasteiger partial charge in [-0.3, -0.25) is 0 Å². The first kappa shape index (κ1) is 12.7. The van der Waals surface area contributed by atoms with Crippen LogP contribution in [0.2, 0.25) is 0 Å². The number of hydrogen-bond donors (Lipinski definition) is 1. The Morgan fingerprint density at radius 2 is 2.00 bits per heavy atom. The van der Waals surface area contributed by atoms with E-state index in [1.165, 1.54) is 0 Å². The van der Waals surface area contributed by atoms with Gasteiger partial charge in [0, 0.05) is 12.6 Å². The molecular formula is C8H16F3NO. The number of rotatable bonds is 6. The maximum atomic E-state index is 11.6. The van der Waals surface area contributed by atoms with Gasteiger partial charge in [-0.15, -0.1) is 0 Å². The van der Waals surface area contributed by atoms with Crippen LogP contribution in [0.4, 0.5) is 13.2 Å². The largest absolute Gasteiger partial charge is 0.411 e. The molecular weight excluding hydrogens is 183 g/mol. The molecule has 0 aromatic carbocycles. The average Bonchev–Trinajstić information content (AvgIpc) is 2.01. The molecule has 0 fully saturated rings. The Kier molecular flexibility index (Phi) is 6.07. The third kappa shape index (κ3) is 9.63. The van der Waals surface area contributed by atoms with Crippen LogP contribution in [-0.4, -0.2) is 32.5 Å². The van der Waals surface area contributed by atoms with Crippen molar-refractivity contribution in [3.8, 4) is 0 Å². The normalized spacial score (nSPS) is 14.5. The first-order valence-corrected chi connectivity index (χ1v) is 4.27.